The molecule has 0 aromatic heterocycles. The number of hydrogen-bond donors (Lipinski definition) is 0. The predicted molar refractivity (Wildman–Crippen MR) is 82.3 cm³/mol. The van der Waals surface area contributed by atoms with E-state index in [0.717, 1.165) is 30.6 Å². The normalized spacial score (nSPS) is 10.3. The molecule has 0 atom stereocenters. The van der Waals surface area contributed by atoms with Gasteiger partial charge in [0.05, 0.1) is 0 Å². The highest BCUT2D eigenvalue weighted by Gasteiger charge is 2.15. The average Bonchev–Trinajstić information content (AvgIpc) is 2.42. The number of nitrogens with zero attached hydrogens (tertiary/aromatic N) is 2. The van der Waals surface area contributed by atoms with Gasteiger partial charge in [0.25, 0.3) is 5.91 Å². The second kappa shape index (κ2) is 8.05. The van der Waals surface area contributed by atoms with Crippen LogP contribution in [0.25, 0.3) is 0 Å². The molecule has 0 unspecified atom stereocenters. The fourth-order valence-corrected chi connectivity index (χ4v) is 2.07. The standard InChI is InChI=1S/C15H23ClN2O/c1-4-5-10-18(11-9-16)15(19)13-7-6-8-14(12-13)17(2)3/h6-8,12H,4-5,9-11H2,1-3H3. The van der Waals surface area contributed by atoms with E-state index in [-0.39, 0.29) is 5.91 Å². The Labute approximate surface area is 121 Å². The molecule has 1 aromatic rings. The third-order valence-corrected chi connectivity index (χ3v) is 3.20. The summed E-state index contributed by atoms with van der Waals surface area (Å²) in [7, 11) is 3.94. The Morgan fingerprint density at radius 3 is 2.58 bits per heavy atom. The number of unbranched alkanes of at least 4 members (excludes halogenated alkanes) is 1. The quantitative estimate of drug-likeness (QED) is 0.717. The van der Waals surface area contributed by atoms with Gasteiger partial charge in [-0.25, -0.2) is 0 Å². The molecule has 0 saturated carbocycles. The molecule has 0 bridgehead atoms. The first-order chi connectivity index (χ1) is 9.10. The summed E-state index contributed by atoms with van der Waals surface area (Å²) in [5.41, 5.74) is 1.76. The van der Waals surface area contributed by atoms with E-state index in [0.29, 0.717) is 12.4 Å². The van der Waals surface area contributed by atoms with E-state index in [1.165, 1.54) is 0 Å². The number of halogens is 1. The summed E-state index contributed by atoms with van der Waals surface area (Å²) in [5, 5.41) is 0. The van der Waals surface area contributed by atoms with Crippen molar-refractivity contribution in [2.75, 3.05) is 38.0 Å². The van der Waals surface area contributed by atoms with Gasteiger partial charge in [0.2, 0.25) is 0 Å². The van der Waals surface area contributed by atoms with Crippen LogP contribution in [-0.4, -0.2) is 43.9 Å². The Bertz CT molecular complexity index is 407. The van der Waals surface area contributed by atoms with Gasteiger partial charge in [0.1, 0.15) is 0 Å². The van der Waals surface area contributed by atoms with Crippen LogP contribution in [0.1, 0.15) is 30.1 Å². The highest BCUT2D eigenvalue weighted by atomic mass is 35.5. The van der Waals surface area contributed by atoms with E-state index in [9.17, 15) is 4.79 Å². The minimum absolute atomic E-state index is 0.0674. The summed E-state index contributed by atoms with van der Waals surface area (Å²) in [4.78, 5) is 16.3. The molecule has 0 saturated heterocycles. The molecule has 1 aromatic carbocycles. The Morgan fingerprint density at radius 1 is 1.26 bits per heavy atom. The highest BCUT2D eigenvalue weighted by molar-refractivity contribution is 6.18. The Kier molecular flexibility index (Phi) is 6.71. The van der Waals surface area contributed by atoms with Gasteiger partial charge in [-0.1, -0.05) is 19.4 Å². The van der Waals surface area contributed by atoms with Gasteiger partial charge in [-0.15, -0.1) is 11.6 Å². The van der Waals surface area contributed by atoms with Gasteiger partial charge < -0.3 is 9.80 Å². The number of alkyl halides is 1. The summed E-state index contributed by atoms with van der Waals surface area (Å²) in [6, 6.07) is 7.70. The Hall–Kier alpha value is -1.22. The van der Waals surface area contributed by atoms with E-state index in [1.54, 1.807) is 0 Å². The summed E-state index contributed by atoms with van der Waals surface area (Å²) in [6.07, 6.45) is 2.08. The van der Waals surface area contributed by atoms with Crippen LogP contribution in [0.15, 0.2) is 24.3 Å². The third-order valence-electron chi connectivity index (χ3n) is 3.03. The lowest BCUT2D eigenvalue weighted by molar-refractivity contribution is 0.0763. The minimum atomic E-state index is 0.0674. The van der Waals surface area contributed by atoms with Gasteiger partial charge in [-0.05, 0) is 24.6 Å². The number of anilines is 1. The molecule has 0 radical (unpaired) electrons. The van der Waals surface area contributed by atoms with Crippen LogP contribution < -0.4 is 4.90 Å². The van der Waals surface area contributed by atoms with Crippen LogP contribution in [0.5, 0.6) is 0 Å². The molecule has 4 heteroatoms. The number of hydrogen-bond acceptors (Lipinski definition) is 2. The molecule has 0 aliphatic carbocycles. The number of carbonyl (C=O) groups is 1. The highest BCUT2D eigenvalue weighted by Crippen LogP contribution is 2.15. The topological polar surface area (TPSA) is 23.6 Å². The van der Waals surface area contributed by atoms with E-state index >= 15 is 0 Å². The van der Waals surface area contributed by atoms with Crippen molar-refractivity contribution >= 4 is 23.2 Å². The summed E-state index contributed by atoms with van der Waals surface area (Å²) < 4.78 is 0. The molecule has 0 aliphatic heterocycles. The van der Waals surface area contributed by atoms with E-state index in [2.05, 4.69) is 6.92 Å². The number of carbonyl (C=O) groups excluding carboxylic acids is 1. The SMILES string of the molecule is CCCCN(CCCl)C(=O)c1cccc(N(C)C)c1. The fraction of sp³-hybridized carbons (Fsp3) is 0.533. The maximum absolute atomic E-state index is 12.5. The van der Waals surface area contributed by atoms with Gasteiger partial charge >= 0.3 is 0 Å². The maximum Gasteiger partial charge on any atom is 0.253 e. The number of benzene rings is 1. The fourth-order valence-electron chi connectivity index (χ4n) is 1.87. The molecule has 0 N–H and O–H groups in total. The van der Waals surface area contributed by atoms with Crippen molar-refractivity contribution in [3.63, 3.8) is 0 Å². The molecule has 3 nitrogen and oxygen atoms in total. The first-order valence-electron chi connectivity index (χ1n) is 6.72. The van der Waals surface area contributed by atoms with Crippen LogP contribution in [0.2, 0.25) is 0 Å². The Balaban J connectivity index is 2.85. The zero-order chi connectivity index (χ0) is 14.3. The summed E-state index contributed by atoms with van der Waals surface area (Å²) >= 11 is 5.79. The monoisotopic (exact) mass is 282 g/mol. The molecule has 0 spiro atoms. The zero-order valence-corrected chi connectivity index (χ0v) is 12.8. The lowest BCUT2D eigenvalue weighted by Crippen LogP contribution is -2.33. The van der Waals surface area contributed by atoms with Crippen molar-refractivity contribution < 1.29 is 4.79 Å². The van der Waals surface area contributed by atoms with E-state index in [1.807, 2.05) is 48.2 Å². The molecular weight excluding hydrogens is 260 g/mol. The van der Waals surface area contributed by atoms with Crippen LogP contribution >= 0.6 is 11.6 Å². The third kappa shape index (κ3) is 4.75. The van der Waals surface area contributed by atoms with Crippen LogP contribution in [0.4, 0.5) is 5.69 Å². The lowest BCUT2D eigenvalue weighted by atomic mass is 10.1. The molecule has 0 fully saturated rings. The first kappa shape index (κ1) is 15.8. The van der Waals surface area contributed by atoms with Gasteiger partial charge in [-0.3, -0.25) is 4.79 Å². The van der Waals surface area contributed by atoms with Crippen LogP contribution in [0, 0.1) is 0 Å². The van der Waals surface area contributed by atoms with Crippen molar-refractivity contribution in [3.05, 3.63) is 29.8 Å². The average molecular weight is 283 g/mol. The van der Waals surface area contributed by atoms with E-state index in [4.69, 9.17) is 11.6 Å². The minimum Gasteiger partial charge on any atom is -0.378 e. The first-order valence-corrected chi connectivity index (χ1v) is 7.26. The second-order valence-electron chi connectivity index (χ2n) is 4.78. The van der Waals surface area contributed by atoms with Crippen LogP contribution in [-0.2, 0) is 0 Å². The van der Waals surface area contributed by atoms with Crippen molar-refractivity contribution in [3.8, 4) is 0 Å². The summed E-state index contributed by atoms with van der Waals surface area (Å²) in [6.45, 7) is 3.50. The predicted octanol–water partition coefficient (Wildman–Crippen LogP) is 3.23. The Morgan fingerprint density at radius 2 is 2.00 bits per heavy atom. The van der Waals surface area contributed by atoms with Crippen molar-refractivity contribution in [2.24, 2.45) is 0 Å². The van der Waals surface area contributed by atoms with Gasteiger partial charge in [-0.2, -0.15) is 0 Å². The molecular formula is C15H23ClN2O. The van der Waals surface area contributed by atoms with Gasteiger partial charge in [0.15, 0.2) is 0 Å². The van der Waals surface area contributed by atoms with Gasteiger partial charge in [0, 0.05) is 44.3 Å². The van der Waals surface area contributed by atoms with E-state index < -0.39 is 0 Å². The lowest BCUT2D eigenvalue weighted by Gasteiger charge is -2.22. The largest absolute Gasteiger partial charge is 0.378 e. The molecule has 19 heavy (non-hydrogen) atoms. The molecule has 0 aliphatic rings. The smallest absolute Gasteiger partial charge is 0.253 e. The molecule has 0 heterocycles. The number of rotatable bonds is 7. The molecule has 1 amide bonds. The number of amides is 1. The molecule has 106 valence electrons. The second-order valence-corrected chi connectivity index (χ2v) is 5.16. The molecule has 1 rings (SSSR count). The van der Waals surface area contributed by atoms with Crippen molar-refractivity contribution in [1.29, 1.82) is 0 Å². The van der Waals surface area contributed by atoms with Crippen LogP contribution in [0.3, 0.4) is 0 Å². The van der Waals surface area contributed by atoms with Crippen molar-refractivity contribution in [2.45, 2.75) is 19.8 Å². The summed E-state index contributed by atoms with van der Waals surface area (Å²) in [5.74, 6) is 0.542. The maximum atomic E-state index is 12.5. The van der Waals surface area contributed by atoms with Crippen molar-refractivity contribution in [1.82, 2.24) is 4.90 Å². The zero-order valence-electron chi connectivity index (χ0n) is 12.0.